The maximum Gasteiger partial charge on any atom is 0.264 e. The van der Waals surface area contributed by atoms with Crippen LogP contribution in [0.15, 0.2) is 65.8 Å². The molecule has 6 bridgehead atoms. The molecule has 3 aliphatic heterocycles. The topological polar surface area (TPSA) is 140 Å². The van der Waals surface area contributed by atoms with Crippen LogP contribution < -0.4 is 14.4 Å². The number of hydrogen-bond donors (Lipinski definition) is 1. The summed E-state index contributed by atoms with van der Waals surface area (Å²) in [7, 11) is -4.18. The number of fused-ring (bicyclic) bond motifs is 6. The van der Waals surface area contributed by atoms with Crippen molar-refractivity contribution in [3.05, 3.63) is 83.4 Å². The second-order valence-corrected chi connectivity index (χ2v) is 16.3. The first-order valence-electron chi connectivity index (χ1n) is 17.0. The summed E-state index contributed by atoms with van der Waals surface area (Å²) in [5.41, 5.74) is 4.30. The van der Waals surface area contributed by atoms with Crippen molar-refractivity contribution in [2.75, 3.05) is 29.4 Å². The molecule has 1 amide bonds. The second-order valence-electron chi connectivity index (χ2n) is 14.7. The lowest BCUT2D eigenvalue weighted by atomic mass is 9.87. The van der Waals surface area contributed by atoms with E-state index < -0.39 is 16.1 Å². The van der Waals surface area contributed by atoms with E-state index in [0.29, 0.717) is 43.2 Å². The zero-order valence-electron chi connectivity index (χ0n) is 29.1. The zero-order chi connectivity index (χ0) is 35.2. The molecular weight excluding hydrogens is 655 g/mol. The van der Waals surface area contributed by atoms with Crippen LogP contribution in [-0.2, 0) is 21.3 Å². The summed E-state index contributed by atoms with van der Waals surface area (Å²) in [5.74, 6) is 0.181. The molecule has 2 aromatic carbocycles. The van der Waals surface area contributed by atoms with Crippen molar-refractivity contribution in [2.24, 2.45) is 5.41 Å². The Morgan fingerprint density at radius 3 is 2.28 bits per heavy atom. The number of aromatic nitrogens is 4. The van der Waals surface area contributed by atoms with Gasteiger partial charge in [0, 0.05) is 17.2 Å². The molecule has 7 rings (SSSR count). The molecule has 4 aromatic rings. The highest BCUT2D eigenvalue weighted by molar-refractivity contribution is 7.92. The summed E-state index contributed by atoms with van der Waals surface area (Å²) in [5, 5.41) is 0. The largest absolute Gasteiger partial charge is 0.475 e. The van der Waals surface area contributed by atoms with Crippen LogP contribution in [0.1, 0.15) is 67.3 Å². The number of morpholine rings is 1. The Morgan fingerprint density at radius 1 is 0.920 bits per heavy atom. The van der Waals surface area contributed by atoms with E-state index in [0.717, 1.165) is 35.2 Å². The van der Waals surface area contributed by atoms with Gasteiger partial charge in [-0.15, -0.1) is 0 Å². The summed E-state index contributed by atoms with van der Waals surface area (Å²) >= 11 is 0. The highest BCUT2D eigenvalue weighted by Gasteiger charge is 2.38. The Morgan fingerprint density at radius 2 is 1.60 bits per heavy atom. The van der Waals surface area contributed by atoms with Crippen LogP contribution in [-0.4, -0.2) is 77.1 Å². The van der Waals surface area contributed by atoms with E-state index in [-0.39, 0.29) is 46.8 Å². The number of nitrogens with one attached hydrogen (secondary N) is 1. The first-order chi connectivity index (χ1) is 23.8. The van der Waals surface area contributed by atoms with Crippen LogP contribution in [0.5, 0.6) is 5.88 Å². The summed E-state index contributed by atoms with van der Waals surface area (Å²) in [4.78, 5) is 37.0. The highest BCUT2D eigenvalue weighted by atomic mass is 32.2. The molecule has 2 fully saturated rings. The van der Waals surface area contributed by atoms with Gasteiger partial charge in [-0.3, -0.25) is 4.79 Å². The number of carbonyl (C=O) groups is 1. The van der Waals surface area contributed by atoms with Crippen molar-refractivity contribution in [1.82, 2.24) is 24.8 Å². The van der Waals surface area contributed by atoms with E-state index in [9.17, 15) is 13.2 Å². The van der Waals surface area contributed by atoms with Gasteiger partial charge in [-0.1, -0.05) is 45.0 Å². The maximum atomic E-state index is 14.5. The van der Waals surface area contributed by atoms with E-state index in [1.54, 1.807) is 23.1 Å². The van der Waals surface area contributed by atoms with Crippen molar-refractivity contribution in [2.45, 2.75) is 83.4 Å². The number of anilines is 2. The van der Waals surface area contributed by atoms with Crippen molar-refractivity contribution >= 4 is 27.6 Å². The summed E-state index contributed by atoms with van der Waals surface area (Å²) in [6, 6.07) is 13.8. The fourth-order valence-corrected chi connectivity index (χ4v) is 8.30. The molecular formula is C37H43N7O5S. The second kappa shape index (κ2) is 13.3. The first kappa shape index (κ1) is 33.9. The van der Waals surface area contributed by atoms with Gasteiger partial charge in [-0.25, -0.2) is 28.1 Å². The number of hydrogen-bond acceptors (Lipinski definition) is 10. The Hall–Kier alpha value is -4.62. The SMILES string of the molecule is Cc1cccc(C)c1-c1cc2nc(n1)NS(=O)(=O)c1cccc(c1)C(=O)N(Cc1ncc(N3C4CCC3COC4)cn1)[C@H](CC(C)(C)C)CO2. The Bertz CT molecular complexity index is 1980. The molecule has 1 N–H and O–H groups in total. The minimum absolute atomic E-state index is 0.0841. The molecule has 0 aliphatic carbocycles. The first-order valence-corrected chi connectivity index (χ1v) is 18.5. The number of aryl methyl sites for hydroxylation is 2. The fraction of sp³-hybridized carbons (Fsp3) is 0.432. The van der Waals surface area contributed by atoms with Gasteiger partial charge in [0.25, 0.3) is 15.9 Å². The normalized spacial score (nSPS) is 21.8. The van der Waals surface area contributed by atoms with Gasteiger partial charge in [0.1, 0.15) is 12.4 Å². The van der Waals surface area contributed by atoms with Gasteiger partial charge in [0.05, 0.1) is 66.6 Å². The molecule has 0 radical (unpaired) electrons. The van der Waals surface area contributed by atoms with Crippen LogP contribution in [0.4, 0.5) is 11.6 Å². The van der Waals surface area contributed by atoms with Gasteiger partial charge in [0.2, 0.25) is 11.8 Å². The number of sulfonamides is 1. The molecule has 2 saturated heterocycles. The van der Waals surface area contributed by atoms with Crippen LogP contribution in [0.3, 0.4) is 0 Å². The lowest BCUT2D eigenvalue weighted by Gasteiger charge is -2.36. The fourth-order valence-electron chi connectivity index (χ4n) is 7.31. The molecule has 3 atom stereocenters. The van der Waals surface area contributed by atoms with Crippen molar-refractivity contribution < 1.29 is 22.7 Å². The molecule has 50 heavy (non-hydrogen) atoms. The third-order valence-electron chi connectivity index (χ3n) is 9.57. The molecule has 0 saturated carbocycles. The standard InChI is InChI=1S/C37H43N7O5S/c1-23-8-6-9-24(2)34(23)31-15-33-41-36(40-31)42-50(46,47)30-11-7-10-25(14-30)35(45)43(28(22-49-33)16-37(3,4)5)19-32-38-17-29(18-39-32)44-26-12-13-27(44)21-48-20-26/h6-11,14-15,17-18,26-28H,12-13,16,19-22H2,1-5H3,(H,40,41,42)/t26?,27?,28-/m1/s1. The molecule has 2 unspecified atom stereocenters. The predicted octanol–water partition coefficient (Wildman–Crippen LogP) is 5.56. The predicted molar refractivity (Wildman–Crippen MR) is 190 cm³/mol. The molecule has 3 aliphatic rings. The Balaban J connectivity index is 1.29. The van der Waals surface area contributed by atoms with E-state index in [4.69, 9.17) is 19.4 Å². The summed E-state index contributed by atoms with van der Waals surface area (Å²) in [6.07, 6.45) is 6.39. The van der Waals surface area contributed by atoms with Crippen LogP contribution in [0.2, 0.25) is 0 Å². The maximum absolute atomic E-state index is 14.5. The molecule has 262 valence electrons. The number of rotatable bonds is 5. The van der Waals surface area contributed by atoms with Gasteiger partial charge < -0.3 is 19.3 Å². The van der Waals surface area contributed by atoms with Crippen LogP contribution in [0, 0.1) is 19.3 Å². The van der Waals surface area contributed by atoms with Crippen molar-refractivity contribution in [1.29, 1.82) is 0 Å². The molecule has 5 heterocycles. The molecule has 12 nitrogen and oxygen atoms in total. The average Bonchev–Trinajstić information content (AvgIpc) is 3.31. The Kier molecular flexibility index (Phi) is 8.97. The molecule has 0 spiro atoms. The van der Waals surface area contributed by atoms with Gasteiger partial charge in [0.15, 0.2) is 0 Å². The lowest BCUT2D eigenvalue weighted by molar-refractivity contribution is 0.0505. The van der Waals surface area contributed by atoms with Gasteiger partial charge in [-0.2, -0.15) is 4.98 Å². The average molecular weight is 698 g/mol. The highest BCUT2D eigenvalue weighted by Crippen LogP contribution is 2.34. The number of ether oxygens (including phenoxy) is 2. The number of nitrogens with zero attached hydrogens (tertiary/aromatic N) is 6. The lowest BCUT2D eigenvalue weighted by Crippen LogP contribution is -2.46. The van der Waals surface area contributed by atoms with E-state index >= 15 is 0 Å². The zero-order valence-corrected chi connectivity index (χ0v) is 29.9. The van der Waals surface area contributed by atoms with Crippen LogP contribution >= 0.6 is 0 Å². The monoisotopic (exact) mass is 697 g/mol. The van der Waals surface area contributed by atoms with E-state index in [1.807, 2.05) is 44.4 Å². The molecule has 13 heteroatoms. The number of carbonyl (C=O) groups excluding carboxylic acids is 1. The van der Waals surface area contributed by atoms with Gasteiger partial charge >= 0.3 is 0 Å². The Labute approximate surface area is 293 Å². The van der Waals surface area contributed by atoms with E-state index in [1.165, 1.54) is 12.1 Å². The number of benzene rings is 2. The van der Waals surface area contributed by atoms with Gasteiger partial charge in [-0.05, 0) is 67.9 Å². The number of amides is 1. The quantitative estimate of drug-likeness (QED) is 0.282. The molecule has 2 aromatic heterocycles. The van der Waals surface area contributed by atoms with Crippen LogP contribution in [0.25, 0.3) is 11.3 Å². The van der Waals surface area contributed by atoms with Crippen molar-refractivity contribution in [3.8, 4) is 17.1 Å². The smallest absolute Gasteiger partial charge is 0.264 e. The third kappa shape index (κ3) is 7.02. The third-order valence-corrected chi connectivity index (χ3v) is 10.9. The minimum atomic E-state index is -4.18. The summed E-state index contributed by atoms with van der Waals surface area (Å²) < 4.78 is 42.1. The van der Waals surface area contributed by atoms with E-state index in [2.05, 4.69) is 40.4 Å². The summed E-state index contributed by atoms with van der Waals surface area (Å²) in [6.45, 7) is 11.9. The van der Waals surface area contributed by atoms with Crippen molar-refractivity contribution in [3.63, 3.8) is 0 Å². The minimum Gasteiger partial charge on any atom is -0.475 e.